The number of benzene rings is 3. The average Bonchev–Trinajstić information content (AvgIpc) is 2.74. The van der Waals surface area contributed by atoms with Crippen LogP contribution in [0.25, 0.3) is 22.4 Å². The summed E-state index contributed by atoms with van der Waals surface area (Å²) < 4.78 is 0. The highest BCUT2D eigenvalue weighted by atomic mass is 15.2. The van der Waals surface area contributed by atoms with E-state index in [1.54, 1.807) is 0 Å². The zero-order valence-electron chi connectivity index (χ0n) is 15.3. The van der Waals surface area contributed by atoms with Gasteiger partial charge in [0, 0.05) is 17.7 Å². The zero-order valence-corrected chi connectivity index (χ0v) is 15.3. The maximum absolute atomic E-state index is 4.51. The van der Waals surface area contributed by atoms with Gasteiger partial charge in [0.1, 0.15) is 0 Å². The molecule has 1 N–H and O–H groups in total. The lowest BCUT2D eigenvalue weighted by atomic mass is 10.0. The van der Waals surface area contributed by atoms with Crippen LogP contribution in [-0.4, -0.2) is 10.2 Å². The van der Waals surface area contributed by atoms with Crippen LogP contribution in [0.5, 0.6) is 0 Å². The largest absolute Gasteiger partial charge is 0.364 e. The van der Waals surface area contributed by atoms with E-state index in [1.807, 2.05) is 36.4 Å². The molecule has 3 nitrogen and oxygen atoms in total. The Morgan fingerprint density at radius 2 is 1.37 bits per heavy atom. The molecule has 0 saturated heterocycles. The fraction of sp³-hybridized carbons (Fsp3) is 0.0833. The highest BCUT2D eigenvalue weighted by Crippen LogP contribution is 2.30. The van der Waals surface area contributed by atoms with Crippen LogP contribution in [0, 0.1) is 6.92 Å². The molecule has 1 aromatic heterocycles. The van der Waals surface area contributed by atoms with E-state index in [-0.39, 0.29) is 0 Å². The quantitative estimate of drug-likeness (QED) is 0.499. The Bertz CT molecular complexity index is 1010. The SMILES string of the molecule is Cc1ccc(-c2cc(-c3ccccc3)nnc2NCc2ccccc2)cc1. The molecule has 0 spiro atoms. The van der Waals surface area contributed by atoms with E-state index in [9.17, 15) is 0 Å². The second-order valence-electron chi connectivity index (χ2n) is 6.56. The van der Waals surface area contributed by atoms with Crippen LogP contribution in [0.3, 0.4) is 0 Å². The van der Waals surface area contributed by atoms with Gasteiger partial charge in [-0.3, -0.25) is 0 Å². The van der Waals surface area contributed by atoms with E-state index in [0.717, 1.165) is 28.2 Å². The lowest BCUT2D eigenvalue weighted by molar-refractivity contribution is 1.01. The van der Waals surface area contributed by atoms with Crippen LogP contribution in [0.15, 0.2) is 91.0 Å². The molecule has 3 heteroatoms. The van der Waals surface area contributed by atoms with E-state index in [2.05, 4.69) is 77.0 Å². The van der Waals surface area contributed by atoms with Gasteiger partial charge in [0.15, 0.2) is 5.82 Å². The van der Waals surface area contributed by atoms with E-state index in [4.69, 9.17) is 0 Å². The van der Waals surface area contributed by atoms with Crippen molar-refractivity contribution < 1.29 is 0 Å². The molecule has 4 aromatic rings. The third-order valence-electron chi connectivity index (χ3n) is 4.53. The van der Waals surface area contributed by atoms with E-state index in [1.165, 1.54) is 11.1 Å². The van der Waals surface area contributed by atoms with Crippen molar-refractivity contribution in [2.24, 2.45) is 0 Å². The first-order valence-corrected chi connectivity index (χ1v) is 9.07. The lowest BCUT2D eigenvalue weighted by Crippen LogP contribution is -2.05. The monoisotopic (exact) mass is 351 g/mol. The summed E-state index contributed by atoms with van der Waals surface area (Å²) in [7, 11) is 0. The molecule has 0 saturated carbocycles. The van der Waals surface area contributed by atoms with Gasteiger partial charge in [-0.1, -0.05) is 90.5 Å². The Kier molecular flexibility index (Phi) is 4.93. The summed E-state index contributed by atoms with van der Waals surface area (Å²) in [5.41, 5.74) is 6.57. The van der Waals surface area contributed by atoms with Crippen LogP contribution >= 0.6 is 0 Å². The molecule has 0 amide bonds. The standard InChI is InChI=1S/C24H21N3/c1-18-12-14-20(15-13-18)22-16-23(21-10-6-3-7-11-21)26-27-24(22)25-17-19-8-4-2-5-9-19/h2-16H,17H2,1H3,(H,25,27). The minimum atomic E-state index is 0.707. The first-order valence-electron chi connectivity index (χ1n) is 9.07. The smallest absolute Gasteiger partial charge is 0.156 e. The normalized spacial score (nSPS) is 10.6. The van der Waals surface area contributed by atoms with Gasteiger partial charge in [-0.2, -0.15) is 0 Å². The predicted molar refractivity (Wildman–Crippen MR) is 111 cm³/mol. The number of rotatable bonds is 5. The first kappa shape index (κ1) is 17.0. The Morgan fingerprint density at radius 3 is 2.07 bits per heavy atom. The number of hydrogen-bond acceptors (Lipinski definition) is 3. The molecule has 1 heterocycles. The minimum Gasteiger partial charge on any atom is -0.364 e. The van der Waals surface area contributed by atoms with Crippen LogP contribution < -0.4 is 5.32 Å². The Labute approximate surface area is 159 Å². The highest BCUT2D eigenvalue weighted by Gasteiger charge is 2.11. The maximum Gasteiger partial charge on any atom is 0.156 e. The summed E-state index contributed by atoms with van der Waals surface area (Å²) in [5.74, 6) is 0.794. The van der Waals surface area contributed by atoms with Gasteiger partial charge >= 0.3 is 0 Å². The van der Waals surface area contributed by atoms with Crippen LogP contribution in [0.4, 0.5) is 5.82 Å². The Morgan fingerprint density at radius 1 is 0.704 bits per heavy atom. The second kappa shape index (κ2) is 7.83. The number of aryl methyl sites for hydroxylation is 1. The number of aromatic nitrogens is 2. The first-order chi connectivity index (χ1) is 13.3. The highest BCUT2D eigenvalue weighted by molar-refractivity contribution is 5.78. The van der Waals surface area contributed by atoms with Crippen LogP contribution in [0.2, 0.25) is 0 Å². The fourth-order valence-electron chi connectivity index (χ4n) is 3.01. The second-order valence-corrected chi connectivity index (χ2v) is 6.56. The molecule has 0 fully saturated rings. The van der Waals surface area contributed by atoms with Crippen LogP contribution in [0.1, 0.15) is 11.1 Å². The van der Waals surface area contributed by atoms with Crippen molar-refractivity contribution in [1.82, 2.24) is 10.2 Å². The molecule has 0 aliphatic heterocycles. The molecule has 0 unspecified atom stereocenters. The number of nitrogens with one attached hydrogen (secondary N) is 1. The molecule has 4 rings (SSSR count). The number of nitrogens with zero attached hydrogens (tertiary/aromatic N) is 2. The van der Waals surface area contributed by atoms with Gasteiger partial charge in [-0.25, -0.2) is 0 Å². The van der Waals surface area contributed by atoms with Crippen molar-refractivity contribution in [2.75, 3.05) is 5.32 Å². The summed E-state index contributed by atoms with van der Waals surface area (Å²) in [6.45, 7) is 2.80. The Hall–Kier alpha value is -3.46. The lowest BCUT2D eigenvalue weighted by Gasteiger charge is -2.13. The summed E-state index contributed by atoms with van der Waals surface area (Å²) >= 11 is 0. The summed E-state index contributed by atoms with van der Waals surface area (Å²) in [5, 5.41) is 12.4. The molecule has 132 valence electrons. The van der Waals surface area contributed by atoms with Gasteiger partial charge in [-0.15, -0.1) is 10.2 Å². The molecule has 0 radical (unpaired) electrons. The van der Waals surface area contributed by atoms with Gasteiger partial charge < -0.3 is 5.32 Å². The molecule has 3 aromatic carbocycles. The molecule has 0 atom stereocenters. The van der Waals surface area contributed by atoms with Crippen molar-refractivity contribution >= 4 is 5.82 Å². The molecule has 0 aliphatic carbocycles. The molecule has 0 aliphatic rings. The molecule has 27 heavy (non-hydrogen) atoms. The van der Waals surface area contributed by atoms with Crippen molar-refractivity contribution in [3.05, 3.63) is 102 Å². The minimum absolute atomic E-state index is 0.707. The summed E-state index contributed by atoms with van der Waals surface area (Å²) in [4.78, 5) is 0. The van der Waals surface area contributed by atoms with Gasteiger partial charge in [0.2, 0.25) is 0 Å². The van der Waals surface area contributed by atoms with Gasteiger partial charge in [0.25, 0.3) is 0 Å². The molecule has 0 bridgehead atoms. The van der Waals surface area contributed by atoms with E-state index in [0.29, 0.717) is 6.54 Å². The van der Waals surface area contributed by atoms with Crippen molar-refractivity contribution in [1.29, 1.82) is 0 Å². The number of hydrogen-bond donors (Lipinski definition) is 1. The molecular formula is C24H21N3. The molecular weight excluding hydrogens is 330 g/mol. The Balaban J connectivity index is 1.72. The summed E-state index contributed by atoms with van der Waals surface area (Å²) in [6.07, 6.45) is 0. The van der Waals surface area contributed by atoms with Crippen molar-refractivity contribution in [3.63, 3.8) is 0 Å². The fourth-order valence-corrected chi connectivity index (χ4v) is 3.01. The topological polar surface area (TPSA) is 37.8 Å². The average molecular weight is 351 g/mol. The van der Waals surface area contributed by atoms with Crippen LogP contribution in [-0.2, 0) is 6.54 Å². The van der Waals surface area contributed by atoms with Gasteiger partial charge in [-0.05, 0) is 24.1 Å². The maximum atomic E-state index is 4.51. The zero-order chi connectivity index (χ0) is 18.5. The van der Waals surface area contributed by atoms with Crippen molar-refractivity contribution in [2.45, 2.75) is 13.5 Å². The van der Waals surface area contributed by atoms with Gasteiger partial charge in [0.05, 0.1) is 5.69 Å². The van der Waals surface area contributed by atoms with E-state index < -0.39 is 0 Å². The number of anilines is 1. The third-order valence-corrected chi connectivity index (χ3v) is 4.53. The van der Waals surface area contributed by atoms with E-state index >= 15 is 0 Å². The third kappa shape index (κ3) is 4.04. The summed E-state index contributed by atoms with van der Waals surface area (Å²) in [6, 6.07) is 31.1. The van der Waals surface area contributed by atoms with Crippen molar-refractivity contribution in [3.8, 4) is 22.4 Å². The predicted octanol–water partition coefficient (Wildman–Crippen LogP) is 5.73.